The Morgan fingerprint density at radius 2 is 1.71 bits per heavy atom. The molecule has 0 saturated carbocycles. The van der Waals surface area contributed by atoms with E-state index in [9.17, 15) is 22.8 Å². The van der Waals surface area contributed by atoms with E-state index >= 15 is 0 Å². The first-order chi connectivity index (χ1) is 14.6. The predicted octanol–water partition coefficient (Wildman–Crippen LogP) is 4.12. The third-order valence-electron chi connectivity index (χ3n) is 5.30. The standard InChI is InChI=1S/C23H25F3N2O3/c1-15-3-8-20(16(2)13-15)31-14-21(29)27-19-9-11-28(12-10-19)22(30)17-4-6-18(7-5-17)23(24,25)26/h3-8,13,19H,9-12,14H2,1-2H3,(H,27,29). The van der Waals surface area contributed by atoms with E-state index in [0.29, 0.717) is 31.7 Å². The maximum atomic E-state index is 12.7. The number of benzene rings is 2. The fourth-order valence-corrected chi connectivity index (χ4v) is 3.59. The number of hydrogen-bond acceptors (Lipinski definition) is 3. The van der Waals surface area contributed by atoms with Gasteiger partial charge in [-0.3, -0.25) is 9.59 Å². The van der Waals surface area contributed by atoms with Crippen LogP contribution in [0.1, 0.15) is 39.9 Å². The second-order valence-electron chi connectivity index (χ2n) is 7.77. The van der Waals surface area contributed by atoms with Crippen LogP contribution < -0.4 is 10.1 Å². The predicted molar refractivity (Wildman–Crippen MR) is 110 cm³/mol. The van der Waals surface area contributed by atoms with Crippen molar-refractivity contribution in [1.29, 1.82) is 0 Å². The Labute approximate surface area is 179 Å². The van der Waals surface area contributed by atoms with Crippen LogP contribution in [0.2, 0.25) is 0 Å². The number of nitrogens with zero attached hydrogens (tertiary/aromatic N) is 1. The lowest BCUT2D eigenvalue weighted by Gasteiger charge is -2.32. The van der Waals surface area contributed by atoms with Gasteiger partial charge in [0.25, 0.3) is 11.8 Å². The van der Waals surface area contributed by atoms with Gasteiger partial charge in [0.05, 0.1) is 5.56 Å². The first kappa shape index (κ1) is 22.7. The van der Waals surface area contributed by atoms with Crippen molar-refractivity contribution in [1.82, 2.24) is 10.2 Å². The summed E-state index contributed by atoms with van der Waals surface area (Å²) in [5, 5.41) is 2.92. The molecule has 0 unspecified atom stereocenters. The molecule has 0 aliphatic carbocycles. The summed E-state index contributed by atoms with van der Waals surface area (Å²) in [4.78, 5) is 26.3. The van der Waals surface area contributed by atoms with Gasteiger partial charge >= 0.3 is 6.18 Å². The molecule has 1 heterocycles. The molecule has 5 nitrogen and oxygen atoms in total. The molecule has 1 saturated heterocycles. The minimum atomic E-state index is -4.43. The average molecular weight is 434 g/mol. The van der Waals surface area contributed by atoms with E-state index in [1.54, 1.807) is 4.90 Å². The molecule has 0 spiro atoms. The van der Waals surface area contributed by atoms with E-state index in [1.807, 2.05) is 32.0 Å². The normalized spacial score (nSPS) is 14.9. The second-order valence-corrected chi connectivity index (χ2v) is 7.77. The van der Waals surface area contributed by atoms with Gasteiger partial charge in [0.15, 0.2) is 6.61 Å². The number of nitrogens with one attached hydrogen (secondary N) is 1. The minimum absolute atomic E-state index is 0.0770. The van der Waals surface area contributed by atoms with E-state index in [2.05, 4.69) is 5.32 Å². The largest absolute Gasteiger partial charge is 0.484 e. The highest BCUT2D eigenvalue weighted by molar-refractivity contribution is 5.94. The molecule has 0 atom stereocenters. The zero-order valence-electron chi connectivity index (χ0n) is 17.5. The molecule has 166 valence electrons. The number of piperidine rings is 1. The van der Waals surface area contributed by atoms with Gasteiger partial charge in [-0.1, -0.05) is 17.7 Å². The molecule has 2 aromatic carbocycles. The molecule has 1 aliphatic heterocycles. The van der Waals surface area contributed by atoms with Crippen LogP contribution in [0.5, 0.6) is 5.75 Å². The molecular weight excluding hydrogens is 409 g/mol. The van der Waals surface area contributed by atoms with Crippen LogP contribution in [-0.4, -0.2) is 42.5 Å². The van der Waals surface area contributed by atoms with Gasteiger partial charge < -0.3 is 15.0 Å². The quantitative estimate of drug-likeness (QED) is 0.770. The third-order valence-corrected chi connectivity index (χ3v) is 5.30. The number of aryl methyl sites for hydroxylation is 2. The Bertz CT molecular complexity index is 934. The van der Waals surface area contributed by atoms with Crippen molar-refractivity contribution in [2.45, 2.75) is 38.9 Å². The highest BCUT2D eigenvalue weighted by Gasteiger charge is 2.31. The summed E-state index contributed by atoms with van der Waals surface area (Å²) in [7, 11) is 0. The van der Waals surface area contributed by atoms with Gasteiger partial charge in [-0.2, -0.15) is 13.2 Å². The summed E-state index contributed by atoms with van der Waals surface area (Å²) in [5.41, 5.74) is 1.51. The van der Waals surface area contributed by atoms with Crippen LogP contribution in [-0.2, 0) is 11.0 Å². The molecule has 0 bridgehead atoms. The lowest BCUT2D eigenvalue weighted by molar-refractivity contribution is -0.137. The number of alkyl halides is 3. The third kappa shape index (κ3) is 5.99. The summed E-state index contributed by atoms with van der Waals surface area (Å²) >= 11 is 0. The van der Waals surface area contributed by atoms with Crippen LogP contribution in [0.3, 0.4) is 0 Å². The van der Waals surface area contributed by atoms with Crippen LogP contribution in [0.15, 0.2) is 42.5 Å². The molecule has 1 fully saturated rings. The maximum absolute atomic E-state index is 12.7. The number of carbonyl (C=O) groups excluding carboxylic acids is 2. The van der Waals surface area contributed by atoms with Crippen molar-refractivity contribution in [2.24, 2.45) is 0 Å². The lowest BCUT2D eigenvalue weighted by atomic mass is 10.0. The molecule has 0 aromatic heterocycles. The van der Waals surface area contributed by atoms with E-state index in [1.165, 1.54) is 12.1 Å². The van der Waals surface area contributed by atoms with Crippen LogP contribution in [0.4, 0.5) is 13.2 Å². The summed E-state index contributed by atoms with van der Waals surface area (Å²) in [6.45, 7) is 4.65. The summed E-state index contributed by atoms with van der Waals surface area (Å²) in [5.74, 6) is 0.127. The Morgan fingerprint density at radius 1 is 1.06 bits per heavy atom. The van der Waals surface area contributed by atoms with Crippen molar-refractivity contribution in [2.75, 3.05) is 19.7 Å². The van der Waals surface area contributed by atoms with Crippen LogP contribution in [0, 0.1) is 13.8 Å². The number of halogens is 3. The Morgan fingerprint density at radius 3 is 2.29 bits per heavy atom. The highest BCUT2D eigenvalue weighted by atomic mass is 19.4. The van der Waals surface area contributed by atoms with Crippen molar-refractivity contribution < 1.29 is 27.5 Å². The van der Waals surface area contributed by atoms with Gasteiger partial charge in [0.2, 0.25) is 0 Å². The average Bonchev–Trinajstić information content (AvgIpc) is 2.72. The molecule has 2 amide bonds. The number of rotatable bonds is 5. The first-order valence-corrected chi connectivity index (χ1v) is 10.1. The fraction of sp³-hybridized carbons (Fsp3) is 0.391. The van der Waals surface area contributed by atoms with Gasteiger partial charge in [-0.05, 0) is 62.6 Å². The van der Waals surface area contributed by atoms with Gasteiger partial charge in [0, 0.05) is 24.7 Å². The number of ether oxygens (including phenoxy) is 1. The van der Waals surface area contributed by atoms with E-state index in [-0.39, 0.29) is 30.0 Å². The number of hydrogen-bond donors (Lipinski definition) is 1. The van der Waals surface area contributed by atoms with Crippen LogP contribution >= 0.6 is 0 Å². The SMILES string of the molecule is Cc1ccc(OCC(=O)NC2CCN(C(=O)c3ccc(C(F)(F)F)cc3)CC2)c(C)c1. The monoisotopic (exact) mass is 434 g/mol. The lowest BCUT2D eigenvalue weighted by Crippen LogP contribution is -2.47. The molecule has 31 heavy (non-hydrogen) atoms. The van der Waals surface area contributed by atoms with E-state index in [4.69, 9.17) is 4.74 Å². The smallest absolute Gasteiger partial charge is 0.416 e. The maximum Gasteiger partial charge on any atom is 0.416 e. The van der Waals surface area contributed by atoms with E-state index < -0.39 is 11.7 Å². The van der Waals surface area contributed by atoms with Crippen molar-refractivity contribution in [3.05, 3.63) is 64.7 Å². The van der Waals surface area contributed by atoms with Crippen molar-refractivity contribution >= 4 is 11.8 Å². The number of carbonyl (C=O) groups is 2. The Hall–Kier alpha value is -3.03. The van der Waals surface area contributed by atoms with Gasteiger partial charge in [-0.15, -0.1) is 0 Å². The first-order valence-electron chi connectivity index (χ1n) is 10.1. The fourth-order valence-electron chi connectivity index (χ4n) is 3.59. The second kappa shape index (κ2) is 9.41. The summed E-state index contributed by atoms with van der Waals surface area (Å²) < 4.78 is 43.6. The van der Waals surface area contributed by atoms with Crippen molar-refractivity contribution in [3.63, 3.8) is 0 Å². The molecule has 2 aromatic rings. The molecule has 1 aliphatic rings. The number of likely N-dealkylation sites (tertiary alicyclic amines) is 1. The van der Waals surface area contributed by atoms with E-state index in [0.717, 1.165) is 23.3 Å². The molecule has 8 heteroatoms. The van der Waals surface area contributed by atoms with Crippen molar-refractivity contribution in [3.8, 4) is 5.75 Å². The summed E-state index contributed by atoms with van der Waals surface area (Å²) in [6.07, 6.45) is -3.29. The molecular formula is C23H25F3N2O3. The highest BCUT2D eigenvalue weighted by Crippen LogP contribution is 2.29. The topological polar surface area (TPSA) is 58.6 Å². The zero-order chi connectivity index (χ0) is 22.6. The van der Waals surface area contributed by atoms with Gasteiger partial charge in [-0.25, -0.2) is 0 Å². The minimum Gasteiger partial charge on any atom is -0.484 e. The number of amides is 2. The molecule has 3 rings (SSSR count). The Balaban J connectivity index is 1.45. The summed E-state index contributed by atoms with van der Waals surface area (Å²) in [6, 6.07) is 9.88. The molecule has 0 radical (unpaired) electrons. The Kier molecular flexibility index (Phi) is 6.87. The molecule has 1 N–H and O–H groups in total. The van der Waals surface area contributed by atoms with Gasteiger partial charge in [0.1, 0.15) is 5.75 Å². The van der Waals surface area contributed by atoms with Crippen LogP contribution in [0.25, 0.3) is 0 Å². The zero-order valence-corrected chi connectivity index (χ0v) is 17.5.